The van der Waals surface area contributed by atoms with E-state index >= 15 is 0 Å². The molecule has 128 valence electrons. The van der Waals surface area contributed by atoms with Crippen molar-refractivity contribution in [3.05, 3.63) is 48.3 Å². The quantitative estimate of drug-likeness (QED) is 0.710. The first-order chi connectivity index (χ1) is 12.1. The van der Waals surface area contributed by atoms with Crippen molar-refractivity contribution in [2.75, 3.05) is 26.2 Å². The number of hydrogen-bond donors (Lipinski definition) is 0. The summed E-state index contributed by atoms with van der Waals surface area (Å²) in [4.78, 5) is 32.4. The summed E-state index contributed by atoms with van der Waals surface area (Å²) < 4.78 is 2.96. The van der Waals surface area contributed by atoms with Gasteiger partial charge in [-0.15, -0.1) is 0 Å². The van der Waals surface area contributed by atoms with Gasteiger partial charge in [0.15, 0.2) is 5.13 Å². The molecule has 3 aromatic rings. The summed E-state index contributed by atoms with van der Waals surface area (Å²) in [6, 6.07) is 9.57. The molecule has 1 saturated heterocycles. The molecule has 0 radical (unpaired) electrons. The number of amides is 2. The van der Waals surface area contributed by atoms with E-state index < -0.39 is 0 Å². The van der Waals surface area contributed by atoms with E-state index in [9.17, 15) is 9.59 Å². The molecule has 1 aromatic carbocycles. The lowest BCUT2D eigenvalue weighted by molar-refractivity contribution is -0.130. The molecule has 0 atom stereocenters. The smallest absolute Gasteiger partial charge is 0.254 e. The van der Waals surface area contributed by atoms with Gasteiger partial charge in [-0.25, -0.2) is 4.98 Å². The number of benzene rings is 1. The van der Waals surface area contributed by atoms with Crippen LogP contribution in [0.3, 0.4) is 0 Å². The maximum absolute atomic E-state index is 12.8. The second-order valence-corrected chi connectivity index (χ2v) is 7.08. The molecule has 3 heterocycles. The average molecular weight is 354 g/mol. The first-order valence-electron chi connectivity index (χ1n) is 8.20. The van der Waals surface area contributed by atoms with Crippen molar-refractivity contribution in [3.63, 3.8) is 0 Å². The number of nitrogens with zero attached hydrogens (tertiary/aromatic N) is 4. The number of aromatic nitrogens is 2. The monoisotopic (exact) mass is 354 g/mol. The fourth-order valence-corrected chi connectivity index (χ4v) is 4.00. The number of piperazine rings is 1. The van der Waals surface area contributed by atoms with Crippen LogP contribution in [0, 0.1) is 0 Å². The molecular weight excluding hydrogens is 336 g/mol. The van der Waals surface area contributed by atoms with E-state index in [0.29, 0.717) is 31.7 Å². The molecule has 6 nitrogen and oxygen atoms in total. The van der Waals surface area contributed by atoms with Crippen LogP contribution >= 0.6 is 11.3 Å². The van der Waals surface area contributed by atoms with Crippen molar-refractivity contribution in [3.8, 4) is 5.13 Å². The first-order valence-corrected chi connectivity index (χ1v) is 9.02. The highest BCUT2D eigenvalue weighted by Crippen LogP contribution is 2.26. The Labute approximate surface area is 149 Å². The second-order valence-electron chi connectivity index (χ2n) is 6.07. The van der Waals surface area contributed by atoms with E-state index in [1.54, 1.807) is 23.2 Å². The van der Waals surface area contributed by atoms with Crippen LogP contribution in [0.5, 0.6) is 0 Å². The summed E-state index contributed by atoms with van der Waals surface area (Å²) in [5, 5.41) is 0.889. The highest BCUT2D eigenvalue weighted by atomic mass is 32.1. The Bertz CT molecular complexity index is 924. The summed E-state index contributed by atoms with van der Waals surface area (Å²) in [6.45, 7) is 3.92. The van der Waals surface area contributed by atoms with Gasteiger partial charge >= 0.3 is 0 Å². The SMILES string of the molecule is CC(=O)N1CCN(C(=O)c2ccc3nc(-n4cccc4)sc3c2)CC1. The fraction of sp³-hybridized carbons (Fsp3) is 0.278. The molecular formula is C18H18N4O2S. The molecule has 0 saturated carbocycles. The van der Waals surface area contributed by atoms with Crippen LogP contribution in [0.25, 0.3) is 15.3 Å². The van der Waals surface area contributed by atoms with Gasteiger partial charge in [0, 0.05) is 51.1 Å². The van der Waals surface area contributed by atoms with E-state index in [1.807, 2.05) is 52.2 Å². The van der Waals surface area contributed by atoms with Crippen LogP contribution in [0.4, 0.5) is 0 Å². The van der Waals surface area contributed by atoms with Gasteiger partial charge in [-0.3, -0.25) is 9.59 Å². The molecule has 0 bridgehead atoms. The number of thiazole rings is 1. The van der Waals surface area contributed by atoms with Crippen LogP contribution in [0.1, 0.15) is 17.3 Å². The maximum Gasteiger partial charge on any atom is 0.254 e. The average Bonchev–Trinajstić information content (AvgIpc) is 3.29. The number of carbonyl (C=O) groups excluding carboxylic acids is 2. The molecule has 0 spiro atoms. The van der Waals surface area contributed by atoms with E-state index in [2.05, 4.69) is 4.98 Å². The van der Waals surface area contributed by atoms with E-state index in [1.165, 1.54) is 0 Å². The Hall–Kier alpha value is -2.67. The molecule has 7 heteroatoms. The zero-order valence-corrected chi connectivity index (χ0v) is 14.7. The van der Waals surface area contributed by atoms with Gasteiger partial charge in [0.05, 0.1) is 10.2 Å². The third-order valence-corrected chi connectivity index (χ3v) is 5.49. The van der Waals surface area contributed by atoms with Gasteiger partial charge in [-0.05, 0) is 30.3 Å². The van der Waals surface area contributed by atoms with Crippen molar-refractivity contribution in [2.24, 2.45) is 0 Å². The van der Waals surface area contributed by atoms with Gasteiger partial charge in [-0.1, -0.05) is 11.3 Å². The van der Waals surface area contributed by atoms with Crippen LogP contribution in [0.15, 0.2) is 42.7 Å². The van der Waals surface area contributed by atoms with Crippen molar-refractivity contribution < 1.29 is 9.59 Å². The molecule has 1 aliphatic heterocycles. The molecule has 0 unspecified atom stereocenters. The van der Waals surface area contributed by atoms with Crippen LogP contribution in [-0.2, 0) is 4.79 Å². The zero-order chi connectivity index (χ0) is 17.4. The van der Waals surface area contributed by atoms with Gasteiger partial charge < -0.3 is 14.4 Å². The maximum atomic E-state index is 12.8. The van der Waals surface area contributed by atoms with Gasteiger partial charge in [0.25, 0.3) is 5.91 Å². The van der Waals surface area contributed by atoms with Gasteiger partial charge in [-0.2, -0.15) is 0 Å². The van der Waals surface area contributed by atoms with Crippen molar-refractivity contribution >= 4 is 33.4 Å². The Balaban J connectivity index is 1.55. The minimum atomic E-state index is 0.0148. The third kappa shape index (κ3) is 3.02. The Morgan fingerprint density at radius 3 is 2.40 bits per heavy atom. The van der Waals surface area contributed by atoms with Crippen LogP contribution in [0.2, 0.25) is 0 Å². The highest BCUT2D eigenvalue weighted by Gasteiger charge is 2.23. The summed E-state index contributed by atoms with van der Waals surface area (Å²) in [5.74, 6) is 0.0803. The molecule has 25 heavy (non-hydrogen) atoms. The lowest BCUT2D eigenvalue weighted by Gasteiger charge is -2.34. The minimum Gasteiger partial charge on any atom is -0.339 e. The molecule has 0 aliphatic carbocycles. The molecule has 1 fully saturated rings. The summed E-state index contributed by atoms with van der Waals surface area (Å²) >= 11 is 1.57. The Kier molecular flexibility index (Phi) is 4.01. The topological polar surface area (TPSA) is 58.4 Å². The predicted octanol–water partition coefficient (Wildman–Crippen LogP) is 2.39. The van der Waals surface area contributed by atoms with Crippen molar-refractivity contribution in [1.82, 2.24) is 19.4 Å². The van der Waals surface area contributed by atoms with E-state index in [0.717, 1.165) is 15.3 Å². The van der Waals surface area contributed by atoms with Gasteiger partial charge in [0.2, 0.25) is 5.91 Å². The number of carbonyl (C=O) groups is 2. The Morgan fingerprint density at radius 1 is 1.04 bits per heavy atom. The second kappa shape index (κ2) is 6.33. The van der Waals surface area contributed by atoms with Crippen molar-refractivity contribution in [2.45, 2.75) is 6.92 Å². The van der Waals surface area contributed by atoms with Crippen LogP contribution < -0.4 is 0 Å². The predicted molar refractivity (Wildman–Crippen MR) is 97.1 cm³/mol. The third-order valence-electron chi connectivity index (χ3n) is 4.46. The normalized spacial score (nSPS) is 14.9. The van der Waals surface area contributed by atoms with E-state index in [-0.39, 0.29) is 11.8 Å². The molecule has 0 N–H and O–H groups in total. The summed E-state index contributed by atoms with van der Waals surface area (Å²) in [5.41, 5.74) is 1.57. The largest absolute Gasteiger partial charge is 0.339 e. The molecule has 2 amide bonds. The van der Waals surface area contributed by atoms with Gasteiger partial charge in [0.1, 0.15) is 0 Å². The Morgan fingerprint density at radius 2 is 1.72 bits per heavy atom. The standard InChI is InChI=1S/C18H18N4O2S/c1-13(23)20-8-10-21(11-9-20)17(24)14-4-5-15-16(12-14)25-18(19-15)22-6-2-3-7-22/h2-7,12H,8-11H2,1H3. The lowest BCUT2D eigenvalue weighted by atomic mass is 10.1. The number of fused-ring (bicyclic) bond motifs is 1. The summed E-state index contributed by atoms with van der Waals surface area (Å²) in [6.07, 6.45) is 3.91. The molecule has 4 rings (SSSR count). The minimum absolute atomic E-state index is 0.0148. The summed E-state index contributed by atoms with van der Waals surface area (Å²) in [7, 11) is 0. The number of hydrogen-bond acceptors (Lipinski definition) is 4. The lowest BCUT2D eigenvalue weighted by Crippen LogP contribution is -2.50. The van der Waals surface area contributed by atoms with Crippen LogP contribution in [-0.4, -0.2) is 57.3 Å². The molecule has 2 aromatic heterocycles. The zero-order valence-electron chi connectivity index (χ0n) is 13.9. The number of rotatable bonds is 2. The fourth-order valence-electron chi connectivity index (χ4n) is 3.02. The molecule has 1 aliphatic rings. The van der Waals surface area contributed by atoms with Crippen molar-refractivity contribution in [1.29, 1.82) is 0 Å². The van der Waals surface area contributed by atoms with E-state index in [4.69, 9.17) is 0 Å². The first kappa shape index (κ1) is 15.8. The highest BCUT2D eigenvalue weighted by molar-refractivity contribution is 7.20.